The number of rotatable bonds is 5. The van der Waals surface area contributed by atoms with E-state index in [0.717, 1.165) is 24.2 Å². The minimum atomic E-state index is -0.815. The third-order valence-corrected chi connectivity index (χ3v) is 5.81. The molecule has 0 unspecified atom stereocenters. The Bertz CT molecular complexity index is 798. The molecule has 1 aliphatic carbocycles. The van der Waals surface area contributed by atoms with Crippen molar-refractivity contribution in [1.29, 1.82) is 0 Å². The second kappa shape index (κ2) is 8.57. The van der Waals surface area contributed by atoms with Crippen molar-refractivity contribution in [3.8, 4) is 0 Å². The van der Waals surface area contributed by atoms with Gasteiger partial charge in [-0.3, -0.25) is 4.79 Å². The van der Waals surface area contributed by atoms with Gasteiger partial charge >= 0.3 is 0 Å². The number of nitrogens with one attached hydrogen (secondary N) is 1. The first-order chi connectivity index (χ1) is 12.5. The van der Waals surface area contributed by atoms with Gasteiger partial charge in [0.25, 0.3) is 5.91 Å². The first-order valence-corrected chi connectivity index (χ1v) is 9.99. The van der Waals surface area contributed by atoms with E-state index in [0.29, 0.717) is 28.5 Å². The predicted molar refractivity (Wildman–Crippen MR) is 103 cm³/mol. The van der Waals surface area contributed by atoms with Crippen LogP contribution in [0.5, 0.6) is 0 Å². The van der Waals surface area contributed by atoms with Crippen molar-refractivity contribution in [2.24, 2.45) is 0 Å². The lowest BCUT2D eigenvalue weighted by atomic mass is 9.85. The Morgan fingerprint density at radius 1 is 1.23 bits per heavy atom. The topological polar surface area (TPSA) is 75.1 Å². The Kier molecular flexibility index (Phi) is 6.40. The van der Waals surface area contributed by atoms with Gasteiger partial charge in [-0.1, -0.05) is 42.6 Å². The normalized spacial score (nSPS) is 16.3. The fraction of sp³-hybridized carbons (Fsp3) is 0.389. The first kappa shape index (κ1) is 19.4. The van der Waals surface area contributed by atoms with Gasteiger partial charge in [-0.05, 0) is 48.7 Å². The molecule has 8 heteroatoms. The molecule has 0 aliphatic heterocycles. The lowest BCUT2D eigenvalue weighted by Crippen LogP contribution is -2.44. The summed E-state index contributed by atoms with van der Waals surface area (Å²) in [5, 5.41) is 14.6. The Hall–Kier alpha value is -1.34. The van der Waals surface area contributed by atoms with E-state index < -0.39 is 5.60 Å². The maximum atomic E-state index is 12.5. The van der Waals surface area contributed by atoms with Crippen LogP contribution in [0.4, 0.5) is 0 Å². The van der Waals surface area contributed by atoms with Crippen LogP contribution in [-0.2, 0) is 0 Å². The van der Waals surface area contributed by atoms with Gasteiger partial charge < -0.3 is 10.4 Å². The average Bonchev–Trinajstić information content (AvgIpc) is 2.62. The highest BCUT2D eigenvalue weighted by Crippen LogP contribution is 2.30. The Morgan fingerprint density at radius 2 is 2.00 bits per heavy atom. The summed E-state index contributed by atoms with van der Waals surface area (Å²) in [4.78, 5) is 21.3. The van der Waals surface area contributed by atoms with E-state index >= 15 is 0 Å². The number of hydrogen-bond acceptors (Lipinski definition) is 5. The molecule has 1 fully saturated rings. The molecule has 0 spiro atoms. The first-order valence-electron chi connectivity index (χ1n) is 8.42. The van der Waals surface area contributed by atoms with E-state index in [1.54, 1.807) is 24.4 Å². The van der Waals surface area contributed by atoms with Gasteiger partial charge in [-0.25, -0.2) is 9.97 Å². The van der Waals surface area contributed by atoms with Gasteiger partial charge in [0, 0.05) is 17.6 Å². The van der Waals surface area contributed by atoms with Gasteiger partial charge in [-0.2, -0.15) is 0 Å². The van der Waals surface area contributed by atoms with Crippen LogP contribution in [0, 0.1) is 0 Å². The minimum Gasteiger partial charge on any atom is -0.388 e. The molecule has 0 atom stereocenters. The maximum absolute atomic E-state index is 12.5. The molecule has 26 heavy (non-hydrogen) atoms. The van der Waals surface area contributed by atoms with Gasteiger partial charge in [0.2, 0.25) is 5.28 Å². The highest BCUT2D eigenvalue weighted by molar-refractivity contribution is 7.99. The van der Waals surface area contributed by atoms with Crippen molar-refractivity contribution >= 4 is 40.9 Å². The molecule has 1 aliphatic rings. The van der Waals surface area contributed by atoms with Crippen LogP contribution in [0.2, 0.25) is 10.3 Å². The maximum Gasteiger partial charge on any atom is 0.252 e. The average molecular weight is 412 g/mol. The molecule has 2 N–H and O–H groups in total. The molecule has 0 radical (unpaired) electrons. The molecule has 138 valence electrons. The highest BCUT2D eigenvalue weighted by atomic mass is 35.5. The number of halogens is 2. The van der Waals surface area contributed by atoms with E-state index in [4.69, 9.17) is 23.2 Å². The molecule has 2 aromatic rings. The standard InChI is InChI=1S/C18H19Cl2N3O2S/c19-14-5-4-12(26-15-6-9-21-17(20)23-15)10-13(14)16(24)22-11-18(25)7-2-1-3-8-18/h4-6,9-10,25H,1-3,7-8,11H2,(H,22,24). The molecule has 1 amide bonds. The van der Waals surface area contributed by atoms with Gasteiger partial charge in [0.1, 0.15) is 5.03 Å². The zero-order chi connectivity index (χ0) is 18.6. The highest BCUT2D eigenvalue weighted by Gasteiger charge is 2.29. The molecule has 3 rings (SSSR count). The molecule has 1 heterocycles. The van der Waals surface area contributed by atoms with Gasteiger partial charge in [0.15, 0.2) is 0 Å². The molecule has 1 saturated carbocycles. The fourth-order valence-electron chi connectivity index (χ4n) is 2.97. The number of aliphatic hydroxyl groups is 1. The summed E-state index contributed by atoms with van der Waals surface area (Å²) >= 11 is 13.4. The monoisotopic (exact) mass is 411 g/mol. The predicted octanol–water partition coefficient (Wildman–Crippen LogP) is 4.36. The van der Waals surface area contributed by atoms with E-state index in [1.165, 1.54) is 11.8 Å². The minimum absolute atomic E-state index is 0.169. The van der Waals surface area contributed by atoms with Crippen molar-refractivity contribution in [2.45, 2.75) is 47.6 Å². The SMILES string of the molecule is O=C(NCC1(O)CCCCC1)c1cc(Sc2ccnc(Cl)n2)ccc1Cl. The summed E-state index contributed by atoms with van der Waals surface area (Å²) in [6, 6.07) is 6.94. The van der Waals surface area contributed by atoms with Crippen LogP contribution in [0.25, 0.3) is 0 Å². The van der Waals surface area contributed by atoms with Crippen molar-refractivity contribution in [3.05, 3.63) is 46.3 Å². The second-order valence-corrected chi connectivity index (χ2v) is 8.21. The summed E-state index contributed by atoms with van der Waals surface area (Å²) in [5.74, 6) is -0.294. The number of carbonyl (C=O) groups is 1. The molecular weight excluding hydrogens is 393 g/mol. The van der Waals surface area contributed by atoms with Crippen molar-refractivity contribution in [1.82, 2.24) is 15.3 Å². The van der Waals surface area contributed by atoms with Crippen molar-refractivity contribution in [3.63, 3.8) is 0 Å². The molecule has 0 bridgehead atoms. The number of hydrogen-bond donors (Lipinski definition) is 2. The lowest BCUT2D eigenvalue weighted by molar-refractivity contribution is 0.00525. The second-order valence-electron chi connectivity index (χ2n) is 6.38. The molecule has 1 aromatic carbocycles. The molecule has 0 saturated heterocycles. The summed E-state index contributed by atoms with van der Waals surface area (Å²) in [6.45, 7) is 0.237. The van der Waals surface area contributed by atoms with Crippen LogP contribution in [-0.4, -0.2) is 33.1 Å². The summed E-state index contributed by atoms with van der Waals surface area (Å²) < 4.78 is 0. The Morgan fingerprint density at radius 3 is 2.73 bits per heavy atom. The quantitative estimate of drug-likeness (QED) is 0.564. The van der Waals surface area contributed by atoms with Crippen LogP contribution in [0.3, 0.4) is 0 Å². The molecule has 1 aromatic heterocycles. The molecule has 5 nitrogen and oxygen atoms in total. The van der Waals surface area contributed by atoms with Gasteiger partial charge in [-0.15, -0.1) is 0 Å². The number of amides is 1. The number of nitrogens with zero attached hydrogens (tertiary/aromatic N) is 2. The number of carbonyl (C=O) groups excluding carboxylic acids is 1. The largest absolute Gasteiger partial charge is 0.388 e. The lowest BCUT2D eigenvalue weighted by Gasteiger charge is -2.32. The van der Waals surface area contributed by atoms with Crippen molar-refractivity contribution in [2.75, 3.05) is 6.54 Å². The Balaban J connectivity index is 1.69. The number of benzene rings is 1. The van der Waals surface area contributed by atoms with E-state index in [1.807, 2.05) is 6.07 Å². The third kappa shape index (κ3) is 5.10. The number of aromatic nitrogens is 2. The zero-order valence-electron chi connectivity index (χ0n) is 14.0. The Labute approximate surface area is 166 Å². The third-order valence-electron chi connectivity index (χ3n) is 4.37. The van der Waals surface area contributed by atoms with Crippen LogP contribution in [0.1, 0.15) is 42.5 Å². The fourth-order valence-corrected chi connectivity index (χ4v) is 4.18. The van der Waals surface area contributed by atoms with E-state index in [2.05, 4.69) is 15.3 Å². The van der Waals surface area contributed by atoms with Crippen LogP contribution >= 0.6 is 35.0 Å². The summed E-state index contributed by atoms with van der Waals surface area (Å²) in [6.07, 6.45) is 6.11. The summed E-state index contributed by atoms with van der Waals surface area (Å²) in [7, 11) is 0. The zero-order valence-corrected chi connectivity index (χ0v) is 16.4. The molecular formula is C18H19Cl2N3O2S. The van der Waals surface area contributed by atoms with Crippen LogP contribution in [0.15, 0.2) is 40.4 Å². The van der Waals surface area contributed by atoms with Gasteiger partial charge in [0.05, 0.1) is 16.2 Å². The van der Waals surface area contributed by atoms with Crippen LogP contribution < -0.4 is 5.32 Å². The van der Waals surface area contributed by atoms with E-state index in [-0.39, 0.29) is 17.7 Å². The van der Waals surface area contributed by atoms with Crippen molar-refractivity contribution < 1.29 is 9.90 Å². The summed E-state index contributed by atoms with van der Waals surface area (Å²) in [5.41, 5.74) is -0.444. The van der Waals surface area contributed by atoms with E-state index in [9.17, 15) is 9.90 Å². The smallest absolute Gasteiger partial charge is 0.252 e.